The van der Waals surface area contributed by atoms with Crippen LogP contribution in [0.4, 0.5) is 0 Å². The third kappa shape index (κ3) is 1.92. The van der Waals surface area contributed by atoms with Gasteiger partial charge in [-0.05, 0) is 30.9 Å². The third-order valence-corrected chi connectivity index (χ3v) is 3.12. The van der Waals surface area contributed by atoms with Gasteiger partial charge in [0.1, 0.15) is 0 Å². The average Bonchev–Trinajstić information content (AvgIpc) is 2.28. The van der Waals surface area contributed by atoms with Crippen LogP contribution in [0.3, 0.4) is 0 Å². The summed E-state index contributed by atoms with van der Waals surface area (Å²) in [5.74, 6) is 0.0766. The third-order valence-electron chi connectivity index (χ3n) is 2.39. The fourth-order valence-corrected chi connectivity index (χ4v) is 1.97. The van der Waals surface area contributed by atoms with Crippen molar-refractivity contribution in [3.8, 4) is 5.75 Å². The second-order valence-corrected chi connectivity index (χ2v) is 4.23. The molecule has 1 aromatic carbocycles. The van der Waals surface area contributed by atoms with E-state index in [1.807, 2.05) is 31.4 Å². The summed E-state index contributed by atoms with van der Waals surface area (Å²) < 4.78 is 0. The van der Waals surface area contributed by atoms with Gasteiger partial charge in [0.25, 0.3) is 0 Å². The molecule has 0 unspecified atom stereocenters. The molecule has 0 spiro atoms. The second kappa shape index (κ2) is 4.11. The van der Waals surface area contributed by atoms with Crippen LogP contribution >= 0.6 is 11.8 Å². The first-order valence-electron chi connectivity index (χ1n) is 4.89. The van der Waals surface area contributed by atoms with Crippen molar-refractivity contribution in [2.75, 3.05) is 6.26 Å². The lowest BCUT2D eigenvalue weighted by molar-refractivity contribution is 0.359. The molecule has 1 radical (unpaired) electrons. The summed E-state index contributed by atoms with van der Waals surface area (Å²) in [7, 11) is 0. The lowest BCUT2D eigenvalue weighted by Gasteiger charge is -2.03. The maximum Gasteiger partial charge on any atom is 0.189 e. The highest BCUT2D eigenvalue weighted by Gasteiger charge is 2.06. The Bertz CT molecular complexity index is 496. The van der Waals surface area contributed by atoms with Gasteiger partial charge in [-0.25, -0.2) is 0 Å². The number of aromatic nitrogens is 1. The van der Waals surface area contributed by atoms with Crippen molar-refractivity contribution in [2.45, 2.75) is 18.2 Å². The summed E-state index contributed by atoms with van der Waals surface area (Å²) in [6.07, 6.45) is 2.80. The molecule has 0 aliphatic heterocycles. The molecule has 15 heavy (non-hydrogen) atoms. The van der Waals surface area contributed by atoms with Crippen LogP contribution < -0.4 is 0 Å². The molecule has 2 aromatic rings. The van der Waals surface area contributed by atoms with E-state index in [-0.39, 0.29) is 5.75 Å². The first-order chi connectivity index (χ1) is 7.24. The molecule has 0 fully saturated rings. The second-order valence-electron chi connectivity index (χ2n) is 3.35. The van der Waals surface area contributed by atoms with E-state index in [0.29, 0.717) is 0 Å². The van der Waals surface area contributed by atoms with Gasteiger partial charge in [0, 0.05) is 22.0 Å². The van der Waals surface area contributed by atoms with Crippen LogP contribution in [0, 0.1) is 0 Å². The lowest BCUT2D eigenvalue weighted by Crippen LogP contribution is -1.88. The summed E-state index contributed by atoms with van der Waals surface area (Å²) in [6.45, 7) is 2.00. The Morgan fingerprint density at radius 3 is 2.80 bits per heavy atom. The molecule has 0 aliphatic rings. The molecule has 0 bridgehead atoms. The molecule has 0 aliphatic carbocycles. The van der Waals surface area contributed by atoms with Crippen molar-refractivity contribution in [3.63, 3.8) is 0 Å². The molecule has 77 valence electrons. The van der Waals surface area contributed by atoms with E-state index in [1.54, 1.807) is 17.8 Å². The van der Waals surface area contributed by atoms with Crippen molar-refractivity contribution in [3.05, 3.63) is 30.0 Å². The number of hydrogen-bond donors (Lipinski definition) is 0. The van der Waals surface area contributed by atoms with Crippen molar-refractivity contribution in [2.24, 2.45) is 0 Å². The van der Waals surface area contributed by atoms with E-state index in [2.05, 4.69) is 4.98 Å². The lowest BCUT2D eigenvalue weighted by atomic mass is 10.1. The first-order valence-corrected chi connectivity index (χ1v) is 6.11. The Labute approximate surface area is 93.3 Å². The molecule has 0 saturated carbocycles. The quantitative estimate of drug-likeness (QED) is 0.720. The largest absolute Gasteiger partial charge is 0.289 e. The molecule has 0 atom stereocenters. The summed E-state index contributed by atoms with van der Waals surface area (Å²) in [4.78, 5) is 5.52. The number of hydrogen-bond acceptors (Lipinski definition) is 2. The zero-order valence-corrected chi connectivity index (χ0v) is 9.60. The van der Waals surface area contributed by atoms with Gasteiger partial charge in [-0.3, -0.25) is 10.1 Å². The summed E-state index contributed by atoms with van der Waals surface area (Å²) in [5.41, 5.74) is 1.67. The molecular formula is C12H12NOS. The molecule has 2 rings (SSSR count). The van der Waals surface area contributed by atoms with Crippen LogP contribution in [-0.2, 0) is 11.5 Å². The molecular weight excluding hydrogens is 206 g/mol. The first kappa shape index (κ1) is 10.3. The van der Waals surface area contributed by atoms with Crippen molar-refractivity contribution in [1.82, 2.24) is 4.98 Å². The van der Waals surface area contributed by atoms with Crippen molar-refractivity contribution in [1.29, 1.82) is 0 Å². The fourth-order valence-electron chi connectivity index (χ4n) is 1.53. The van der Waals surface area contributed by atoms with Crippen LogP contribution in [-0.4, -0.2) is 11.2 Å². The van der Waals surface area contributed by atoms with Gasteiger partial charge in [0.2, 0.25) is 0 Å². The molecule has 2 nitrogen and oxygen atoms in total. The molecule has 0 saturated heterocycles. The highest BCUT2D eigenvalue weighted by molar-refractivity contribution is 7.98. The standard InChI is InChI=1S/C12H12NOS/c1-3-8-6-12(14)10-7-9(15-2)4-5-11(10)13-8/h4-7H,3H2,1-2H3. The van der Waals surface area contributed by atoms with Gasteiger partial charge in [0.05, 0.1) is 5.52 Å². The van der Waals surface area contributed by atoms with E-state index < -0.39 is 0 Å². The van der Waals surface area contributed by atoms with Crippen LogP contribution in [0.1, 0.15) is 12.6 Å². The van der Waals surface area contributed by atoms with Crippen LogP contribution in [0.15, 0.2) is 29.2 Å². The number of rotatable bonds is 2. The predicted molar refractivity (Wildman–Crippen MR) is 63.0 cm³/mol. The van der Waals surface area contributed by atoms with Gasteiger partial charge < -0.3 is 0 Å². The van der Waals surface area contributed by atoms with Gasteiger partial charge >= 0.3 is 0 Å². The van der Waals surface area contributed by atoms with Gasteiger partial charge in [-0.2, -0.15) is 0 Å². The van der Waals surface area contributed by atoms with E-state index in [4.69, 9.17) is 0 Å². The van der Waals surface area contributed by atoms with E-state index in [9.17, 15) is 5.11 Å². The summed E-state index contributed by atoms with van der Waals surface area (Å²) >= 11 is 1.64. The van der Waals surface area contributed by atoms with Crippen molar-refractivity contribution < 1.29 is 5.11 Å². The van der Waals surface area contributed by atoms with Gasteiger partial charge in [0.15, 0.2) is 5.75 Å². The van der Waals surface area contributed by atoms with Crippen LogP contribution in [0.25, 0.3) is 10.9 Å². The normalized spacial score (nSPS) is 10.8. The monoisotopic (exact) mass is 218 g/mol. The molecule has 1 aromatic heterocycles. The Hall–Kier alpha value is -1.22. The zero-order chi connectivity index (χ0) is 10.8. The number of nitrogens with zero attached hydrogens (tertiary/aromatic N) is 1. The zero-order valence-electron chi connectivity index (χ0n) is 8.78. The Balaban J connectivity index is 2.68. The SMILES string of the molecule is CCc1cc([O])c2cc(SC)ccc2n1. The summed E-state index contributed by atoms with van der Waals surface area (Å²) in [5, 5.41) is 12.5. The maximum atomic E-state index is 11.8. The van der Waals surface area contributed by atoms with E-state index in [0.717, 1.165) is 27.9 Å². The number of thioether (sulfide) groups is 1. The van der Waals surface area contributed by atoms with Gasteiger partial charge in [-0.1, -0.05) is 6.92 Å². The Kier molecular flexibility index (Phi) is 2.82. The molecule has 0 N–H and O–H groups in total. The summed E-state index contributed by atoms with van der Waals surface area (Å²) in [6, 6.07) is 7.46. The van der Waals surface area contributed by atoms with Crippen molar-refractivity contribution >= 4 is 22.7 Å². The Morgan fingerprint density at radius 1 is 1.33 bits per heavy atom. The number of benzene rings is 1. The van der Waals surface area contributed by atoms with Gasteiger partial charge in [-0.15, -0.1) is 11.8 Å². The van der Waals surface area contributed by atoms with E-state index >= 15 is 0 Å². The maximum absolute atomic E-state index is 11.8. The number of fused-ring (bicyclic) bond motifs is 1. The predicted octanol–water partition coefficient (Wildman–Crippen LogP) is 3.66. The minimum atomic E-state index is 0.0766. The number of aryl methyl sites for hydroxylation is 1. The smallest absolute Gasteiger partial charge is 0.189 e. The topological polar surface area (TPSA) is 32.8 Å². The number of pyridine rings is 1. The highest BCUT2D eigenvalue weighted by atomic mass is 32.2. The van der Waals surface area contributed by atoms with Crippen LogP contribution in [0.2, 0.25) is 0 Å². The van der Waals surface area contributed by atoms with Crippen LogP contribution in [0.5, 0.6) is 5.75 Å². The van der Waals surface area contributed by atoms with E-state index in [1.165, 1.54) is 0 Å². The minimum absolute atomic E-state index is 0.0766. The molecule has 3 heteroatoms. The molecule has 1 heterocycles. The fraction of sp³-hybridized carbons (Fsp3) is 0.250. The molecule has 0 amide bonds. The highest BCUT2D eigenvalue weighted by Crippen LogP contribution is 2.28. The average molecular weight is 218 g/mol. The minimum Gasteiger partial charge on any atom is -0.289 e. The Morgan fingerprint density at radius 2 is 2.13 bits per heavy atom.